The molecular weight excluding hydrogens is 376 g/mol. The van der Waals surface area contributed by atoms with Crippen LogP contribution in [0.15, 0.2) is 90.7 Å². The number of amides is 2. The van der Waals surface area contributed by atoms with Crippen molar-refractivity contribution >= 4 is 23.6 Å². The number of nitrogens with one attached hydrogen (secondary N) is 1. The molecule has 150 valence electrons. The molecule has 3 aromatic carbocycles. The zero-order valence-electron chi connectivity index (χ0n) is 16.6. The molecule has 5 heteroatoms. The Hall–Kier alpha value is -3.86. The Kier molecular flexibility index (Phi) is 5.61. The van der Waals surface area contributed by atoms with E-state index in [2.05, 4.69) is 5.32 Å². The van der Waals surface area contributed by atoms with Crippen molar-refractivity contribution in [3.05, 3.63) is 102 Å². The van der Waals surface area contributed by atoms with Gasteiger partial charge in [-0.05, 0) is 36.3 Å². The highest BCUT2D eigenvalue weighted by molar-refractivity contribution is 6.12. The van der Waals surface area contributed by atoms with Crippen LogP contribution in [-0.4, -0.2) is 18.4 Å². The van der Waals surface area contributed by atoms with E-state index in [0.717, 1.165) is 11.1 Å². The van der Waals surface area contributed by atoms with E-state index in [1.54, 1.807) is 18.2 Å². The second-order valence-corrected chi connectivity index (χ2v) is 7.08. The van der Waals surface area contributed by atoms with Crippen LogP contribution in [0.25, 0.3) is 6.08 Å². The largest absolute Gasteiger partial charge is 0.449 e. The number of nitrogens with zero attached hydrogens (tertiary/aromatic N) is 1. The molecule has 5 nitrogen and oxygen atoms in total. The predicted octanol–water partition coefficient (Wildman–Crippen LogP) is 4.33. The van der Waals surface area contributed by atoms with Crippen LogP contribution in [0.5, 0.6) is 5.75 Å². The second-order valence-electron chi connectivity index (χ2n) is 7.08. The van der Waals surface area contributed by atoms with Crippen LogP contribution in [0.2, 0.25) is 0 Å². The van der Waals surface area contributed by atoms with Crippen molar-refractivity contribution in [3.8, 4) is 5.75 Å². The molecule has 1 aliphatic rings. The molecule has 0 aromatic heterocycles. The third-order valence-electron chi connectivity index (χ3n) is 4.91. The number of para-hydroxylation sites is 2. The average Bonchev–Trinajstić information content (AvgIpc) is 2.78. The zero-order valence-corrected chi connectivity index (χ0v) is 16.6. The highest BCUT2D eigenvalue weighted by atomic mass is 16.5. The van der Waals surface area contributed by atoms with Gasteiger partial charge in [0.1, 0.15) is 6.54 Å². The third kappa shape index (κ3) is 4.25. The van der Waals surface area contributed by atoms with Gasteiger partial charge in [0.05, 0.1) is 11.7 Å². The zero-order chi connectivity index (χ0) is 20.9. The summed E-state index contributed by atoms with van der Waals surface area (Å²) >= 11 is 0. The molecule has 30 heavy (non-hydrogen) atoms. The standard InChI is InChI=1S/C25H22N2O3/c1-18(20-12-6-3-7-13-20)26-24(28)17-27-21-14-8-9-15-22(21)30-23(25(27)29)16-19-10-4-2-5-11-19/h2-16,18H,17H2,1H3,(H,26,28)/b23-16+/t18-/m1/s1. The molecule has 1 aliphatic heterocycles. The van der Waals surface area contributed by atoms with Crippen LogP contribution in [0.1, 0.15) is 24.1 Å². The van der Waals surface area contributed by atoms with Crippen LogP contribution in [0, 0.1) is 0 Å². The number of hydrogen-bond donors (Lipinski definition) is 1. The van der Waals surface area contributed by atoms with E-state index in [9.17, 15) is 9.59 Å². The first kappa shape index (κ1) is 19.5. The first-order chi connectivity index (χ1) is 14.6. The third-order valence-corrected chi connectivity index (χ3v) is 4.91. The van der Waals surface area contributed by atoms with Crippen molar-refractivity contribution in [1.29, 1.82) is 0 Å². The lowest BCUT2D eigenvalue weighted by Gasteiger charge is -2.30. The fourth-order valence-corrected chi connectivity index (χ4v) is 3.38. The molecule has 0 saturated heterocycles. The maximum Gasteiger partial charge on any atom is 0.294 e. The van der Waals surface area contributed by atoms with Crippen molar-refractivity contribution in [2.75, 3.05) is 11.4 Å². The van der Waals surface area contributed by atoms with E-state index in [-0.39, 0.29) is 30.2 Å². The average molecular weight is 398 g/mol. The smallest absolute Gasteiger partial charge is 0.294 e. The Morgan fingerprint density at radius 3 is 2.33 bits per heavy atom. The molecule has 1 atom stereocenters. The van der Waals surface area contributed by atoms with Gasteiger partial charge in [0, 0.05) is 0 Å². The summed E-state index contributed by atoms with van der Waals surface area (Å²) < 4.78 is 5.85. The molecule has 4 rings (SSSR count). The molecule has 0 bridgehead atoms. The number of hydrogen-bond acceptors (Lipinski definition) is 3. The van der Waals surface area contributed by atoms with Crippen LogP contribution in [0.3, 0.4) is 0 Å². The molecule has 0 fully saturated rings. The van der Waals surface area contributed by atoms with Gasteiger partial charge in [0.25, 0.3) is 5.91 Å². The highest BCUT2D eigenvalue weighted by Gasteiger charge is 2.31. The second kappa shape index (κ2) is 8.66. The van der Waals surface area contributed by atoms with E-state index in [1.807, 2.05) is 79.7 Å². The van der Waals surface area contributed by atoms with Gasteiger partial charge >= 0.3 is 0 Å². The van der Waals surface area contributed by atoms with E-state index < -0.39 is 0 Å². The minimum absolute atomic E-state index is 0.0947. The lowest BCUT2D eigenvalue weighted by molar-refractivity contribution is -0.123. The number of anilines is 1. The van der Waals surface area contributed by atoms with Crippen molar-refractivity contribution in [3.63, 3.8) is 0 Å². The highest BCUT2D eigenvalue weighted by Crippen LogP contribution is 2.35. The van der Waals surface area contributed by atoms with Gasteiger partial charge in [0.15, 0.2) is 11.5 Å². The summed E-state index contributed by atoms with van der Waals surface area (Å²) in [6, 6.07) is 26.3. The van der Waals surface area contributed by atoms with Crippen LogP contribution < -0.4 is 15.0 Å². The van der Waals surface area contributed by atoms with Crippen molar-refractivity contribution in [2.45, 2.75) is 13.0 Å². The fraction of sp³-hybridized carbons (Fsp3) is 0.120. The van der Waals surface area contributed by atoms with Gasteiger partial charge in [-0.3, -0.25) is 14.5 Å². The molecule has 0 spiro atoms. The summed E-state index contributed by atoms with van der Waals surface area (Å²) in [7, 11) is 0. The molecule has 1 N–H and O–H groups in total. The lowest BCUT2D eigenvalue weighted by Crippen LogP contribution is -2.44. The summed E-state index contributed by atoms with van der Waals surface area (Å²) in [5.41, 5.74) is 2.43. The Morgan fingerprint density at radius 2 is 1.60 bits per heavy atom. The van der Waals surface area contributed by atoms with E-state index in [4.69, 9.17) is 4.74 Å². The van der Waals surface area contributed by atoms with Gasteiger partial charge in [-0.2, -0.15) is 0 Å². The monoisotopic (exact) mass is 398 g/mol. The fourth-order valence-electron chi connectivity index (χ4n) is 3.38. The van der Waals surface area contributed by atoms with Crippen molar-refractivity contribution < 1.29 is 14.3 Å². The molecule has 0 radical (unpaired) electrons. The van der Waals surface area contributed by atoms with Crippen LogP contribution in [-0.2, 0) is 9.59 Å². The van der Waals surface area contributed by atoms with Gasteiger partial charge in [-0.1, -0.05) is 72.8 Å². The first-order valence-electron chi connectivity index (χ1n) is 9.81. The van der Waals surface area contributed by atoms with Gasteiger partial charge in [-0.15, -0.1) is 0 Å². The van der Waals surface area contributed by atoms with E-state index >= 15 is 0 Å². The topological polar surface area (TPSA) is 58.6 Å². The molecule has 0 saturated carbocycles. The molecule has 2 amide bonds. The van der Waals surface area contributed by atoms with Gasteiger partial charge in [0.2, 0.25) is 5.91 Å². The minimum Gasteiger partial charge on any atom is -0.449 e. The predicted molar refractivity (Wildman–Crippen MR) is 117 cm³/mol. The summed E-state index contributed by atoms with van der Waals surface area (Å²) in [6.07, 6.45) is 1.69. The summed E-state index contributed by atoms with van der Waals surface area (Å²) in [5.74, 6) is 0.141. The lowest BCUT2D eigenvalue weighted by atomic mass is 10.1. The molecule has 0 unspecified atom stereocenters. The number of benzene rings is 3. The van der Waals surface area contributed by atoms with Crippen molar-refractivity contribution in [1.82, 2.24) is 5.32 Å². The normalized spacial score (nSPS) is 15.3. The van der Waals surface area contributed by atoms with Crippen molar-refractivity contribution in [2.24, 2.45) is 0 Å². The van der Waals surface area contributed by atoms with Crippen LogP contribution >= 0.6 is 0 Å². The summed E-state index contributed by atoms with van der Waals surface area (Å²) in [4.78, 5) is 27.3. The number of carbonyl (C=O) groups is 2. The summed E-state index contributed by atoms with van der Waals surface area (Å²) in [5, 5.41) is 2.97. The Labute approximate surface area is 175 Å². The van der Waals surface area contributed by atoms with Gasteiger partial charge in [-0.25, -0.2) is 0 Å². The molecule has 3 aromatic rings. The van der Waals surface area contributed by atoms with Gasteiger partial charge < -0.3 is 10.1 Å². The Bertz CT molecular complexity index is 1080. The Balaban J connectivity index is 1.57. The number of fused-ring (bicyclic) bond motifs is 1. The van der Waals surface area contributed by atoms with E-state index in [1.165, 1.54) is 4.90 Å². The minimum atomic E-state index is -0.347. The maximum absolute atomic E-state index is 13.1. The molecule has 0 aliphatic carbocycles. The maximum atomic E-state index is 13.1. The first-order valence-corrected chi connectivity index (χ1v) is 9.81. The molecular formula is C25H22N2O3. The SMILES string of the molecule is C[C@@H](NC(=O)CN1C(=O)/C(=C\c2ccccc2)Oc2ccccc21)c1ccccc1. The Morgan fingerprint density at radius 1 is 0.967 bits per heavy atom. The molecule has 1 heterocycles. The quantitative estimate of drug-likeness (QED) is 0.651. The number of ether oxygens (including phenoxy) is 1. The number of rotatable bonds is 5. The summed E-state index contributed by atoms with van der Waals surface area (Å²) in [6.45, 7) is 1.82. The van der Waals surface area contributed by atoms with E-state index in [0.29, 0.717) is 11.4 Å². The number of carbonyl (C=O) groups excluding carboxylic acids is 2. The van der Waals surface area contributed by atoms with Crippen LogP contribution in [0.4, 0.5) is 5.69 Å².